The van der Waals surface area contributed by atoms with Crippen molar-refractivity contribution in [1.29, 1.82) is 0 Å². The molecule has 9 heteroatoms. The van der Waals surface area contributed by atoms with Gasteiger partial charge >= 0.3 is 6.18 Å². The minimum Gasteiger partial charge on any atom is -0.508 e. The monoisotopic (exact) mass is 583 g/mol. The molecule has 0 bridgehead atoms. The van der Waals surface area contributed by atoms with Crippen molar-refractivity contribution >= 4 is 17.3 Å². The largest absolute Gasteiger partial charge is 0.508 e. The summed E-state index contributed by atoms with van der Waals surface area (Å²) in [7, 11) is 1.41. The second kappa shape index (κ2) is 14.2. The van der Waals surface area contributed by atoms with E-state index in [9.17, 15) is 27.5 Å². The van der Waals surface area contributed by atoms with Crippen LogP contribution in [0.3, 0.4) is 0 Å². The number of nitrogens with two attached hydrogens (primary N) is 1. The third-order valence-electron chi connectivity index (χ3n) is 7.22. The lowest BCUT2D eigenvalue weighted by molar-refractivity contribution is -0.113. The van der Waals surface area contributed by atoms with Gasteiger partial charge in [0.05, 0.1) is 11.3 Å². The van der Waals surface area contributed by atoms with Crippen LogP contribution in [0.4, 0.5) is 28.9 Å². The quantitative estimate of drug-likeness (QED) is 0.135. The number of anilines is 2. The van der Waals surface area contributed by atoms with E-state index in [1.54, 1.807) is 49.4 Å². The lowest BCUT2D eigenvalue weighted by Crippen LogP contribution is -2.29. The van der Waals surface area contributed by atoms with Gasteiger partial charge in [0.2, 0.25) is 0 Å². The number of halogens is 4. The SMILES string of the molecule is C=C(/C=C(/C(=O)Nc1cc(C(C)c2ccccc2O)ccc1F)N(C)c1cccc(CN)c1)C(F)(F)F.CCC1CC1. The first-order valence-electron chi connectivity index (χ1n) is 13.7. The number of phenols is 1. The fourth-order valence-electron chi connectivity index (χ4n) is 4.25. The van der Waals surface area contributed by atoms with Crippen molar-refractivity contribution < 1.29 is 27.5 Å². The molecular weight excluding hydrogens is 546 g/mol. The Morgan fingerprint density at radius 3 is 2.40 bits per heavy atom. The Morgan fingerprint density at radius 2 is 1.83 bits per heavy atom. The van der Waals surface area contributed by atoms with Crippen LogP contribution in [0.25, 0.3) is 0 Å². The summed E-state index contributed by atoms with van der Waals surface area (Å²) in [6.45, 7) is 7.28. The maximum absolute atomic E-state index is 14.7. The molecule has 1 aliphatic carbocycles. The summed E-state index contributed by atoms with van der Waals surface area (Å²) in [5.41, 5.74) is 6.06. The van der Waals surface area contributed by atoms with Crippen LogP contribution >= 0.6 is 0 Å². The molecule has 1 amide bonds. The molecule has 224 valence electrons. The number of alkyl halides is 3. The molecule has 0 aromatic heterocycles. The molecule has 4 rings (SSSR count). The van der Waals surface area contributed by atoms with E-state index in [-0.39, 0.29) is 23.9 Å². The molecular formula is C33H37F4N3O2. The van der Waals surface area contributed by atoms with Crippen LogP contribution in [-0.4, -0.2) is 24.2 Å². The molecule has 1 atom stereocenters. The van der Waals surface area contributed by atoms with Gasteiger partial charge < -0.3 is 21.1 Å². The molecule has 1 saturated carbocycles. The standard InChI is InChI=1S/C28H27F4N3O2.C5H10/c1-17(28(30,31)32)13-25(35(3)21-8-6-7-19(14-21)16-33)27(37)34-24-15-20(11-12-23(24)29)18(2)22-9-4-5-10-26(22)36;1-2-5-3-4-5/h4-15,18,36H,1,16,33H2,2-3H3,(H,34,37);5H,2-4H2,1H3/b25-13-;. The third-order valence-corrected chi connectivity index (χ3v) is 7.22. The minimum absolute atomic E-state index is 0.0575. The Balaban J connectivity index is 0.000000873. The van der Waals surface area contributed by atoms with E-state index in [0.29, 0.717) is 28.5 Å². The summed E-state index contributed by atoms with van der Waals surface area (Å²) in [5, 5.41) is 12.6. The van der Waals surface area contributed by atoms with Crippen molar-refractivity contribution in [3.63, 3.8) is 0 Å². The van der Waals surface area contributed by atoms with Crippen molar-refractivity contribution in [3.8, 4) is 5.75 Å². The number of nitrogens with zero attached hydrogens (tertiary/aromatic N) is 1. The van der Waals surface area contributed by atoms with E-state index >= 15 is 0 Å². The number of phenolic OH excluding ortho intramolecular Hbond substituents is 1. The maximum Gasteiger partial charge on any atom is 0.415 e. The lowest BCUT2D eigenvalue weighted by Gasteiger charge is -2.24. The number of aromatic hydroxyl groups is 1. The summed E-state index contributed by atoms with van der Waals surface area (Å²) in [4.78, 5) is 14.5. The second-order valence-corrected chi connectivity index (χ2v) is 10.3. The molecule has 5 nitrogen and oxygen atoms in total. The Bertz CT molecular complexity index is 1430. The molecule has 0 spiro atoms. The zero-order valence-corrected chi connectivity index (χ0v) is 24.0. The molecule has 42 heavy (non-hydrogen) atoms. The van der Waals surface area contributed by atoms with E-state index in [2.05, 4.69) is 18.8 Å². The molecule has 3 aromatic rings. The number of nitrogens with one attached hydrogen (secondary N) is 1. The van der Waals surface area contributed by atoms with Gasteiger partial charge in [-0.25, -0.2) is 4.39 Å². The average molecular weight is 584 g/mol. The number of benzene rings is 3. The van der Waals surface area contributed by atoms with Gasteiger partial charge in [0.25, 0.3) is 5.91 Å². The second-order valence-electron chi connectivity index (χ2n) is 10.3. The zero-order chi connectivity index (χ0) is 31.0. The predicted molar refractivity (Wildman–Crippen MR) is 160 cm³/mol. The Hall–Kier alpha value is -4.11. The van der Waals surface area contributed by atoms with Gasteiger partial charge in [-0.15, -0.1) is 0 Å². The number of likely N-dealkylation sites (N-methyl/N-ethyl adjacent to an activating group) is 1. The highest BCUT2D eigenvalue weighted by atomic mass is 19.4. The maximum atomic E-state index is 14.7. The highest BCUT2D eigenvalue weighted by molar-refractivity contribution is 6.06. The first kappa shape index (κ1) is 32.4. The Morgan fingerprint density at radius 1 is 1.14 bits per heavy atom. The van der Waals surface area contributed by atoms with Gasteiger partial charge in [0.15, 0.2) is 0 Å². The van der Waals surface area contributed by atoms with Crippen LogP contribution in [-0.2, 0) is 11.3 Å². The number of rotatable bonds is 9. The van der Waals surface area contributed by atoms with E-state index < -0.39 is 29.2 Å². The number of hydrogen-bond donors (Lipinski definition) is 3. The number of carbonyl (C=O) groups excluding carboxylic acids is 1. The zero-order valence-electron chi connectivity index (χ0n) is 24.0. The first-order chi connectivity index (χ1) is 19.8. The minimum atomic E-state index is -4.77. The molecule has 1 unspecified atom stereocenters. The highest BCUT2D eigenvalue weighted by Crippen LogP contribution is 2.33. The first-order valence-corrected chi connectivity index (χ1v) is 13.7. The highest BCUT2D eigenvalue weighted by Gasteiger charge is 2.32. The molecule has 3 aromatic carbocycles. The molecule has 1 fully saturated rings. The van der Waals surface area contributed by atoms with Crippen molar-refractivity contribution in [2.24, 2.45) is 11.7 Å². The summed E-state index contributed by atoms with van der Waals surface area (Å²) in [6.07, 6.45) is 0.271. The number of amides is 1. The van der Waals surface area contributed by atoms with Crippen molar-refractivity contribution in [3.05, 3.63) is 113 Å². The van der Waals surface area contributed by atoms with Gasteiger partial charge in [-0.1, -0.05) is 76.1 Å². The van der Waals surface area contributed by atoms with E-state index in [4.69, 9.17) is 5.73 Å². The van der Waals surface area contributed by atoms with Gasteiger partial charge in [-0.3, -0.25) is 4.79 Å². The molecule has 4 N–H and O–H groups in total. The van der Waals surface area contributed by atoms with Gasteiger partial charge in [0, 0.05) is 30.8 Å². The Labute approximate surface area is 244 Å². The van der Waals surface area contributed by atoms with Crippen LogP contribution in [0.15, 0.2) is 90.7 Å². The summed E-state index contributed by atoms with van der Waals surface area (Å²) < 4.78 is 54.6. The van der Waals surface area contributed by atoms with Crippen molar-refractivity contribution in [1.82, 2.24) is 0 Å². The van der Waals surface area contributed by atoms with Gasteiger partial charge in [-0.2, -0.15) is 13.2 Å². The smallest absolute Gasteiger partial charge is 0.415 e. The lowest BCUT2D eigenvalue weighted by atomic mass is 9.92. The van der Waals surface area contributed by atoms with Crippen LogP contribution in [0.2, 0.25) is 0 Å². The van der Waals surface area contributed by atoms with Gasteiger partial charge in [0.1, 0.15) is 17.3 Å². The van der Waals surface area contributed by atoms with Crippen LogP contribution < -0.4 is 16.0 Å². The van der Waals surface area contributed by atoms with Gasteiger partial charge in [-0.05, 0) is 53.5 Å². The predicted octanol–water partition coefficient (Wildman–Crippen LogP) is 8.03. The van der Waals surface area contributed by atoms with E-state index in [0.717, 1.165) is 12.0 Å². The molecule has 0 saturated heterocycles. The fourth-order valence-corrected chi connectivity index (χ4v) is 4.25. The molecule has 1 aliphatic rings. The average Bonchev–Trinajstić information content (AvgIpc) is 3.81. The molecule has 0 heterocycles. The van der Waals surface area contributed by atoms with Crippen LogP contribution in [0, 0.1) is 11.7 Å². The number of para-hydroxylation sites is 1. The van der Waals surface area contributed by atoms with Crippen LogP contribution in [0.5, 0.6) is 5.75 Å². The number of carbonyl (C=O) groups is 1. The van der Waals surface area contributed by atoms with Crippen LogP contribution in [0.1, 0.15) is 55.7 Å². The van der Waals surface area contributed by atoms with E-state index in [1.807, 2.05) is 0 Å². The molecule has 0 radical (unpaired) electrons. The number of allylic oxidation sites excluding steroid dienone is 2. The van der Waals surface area contributed by atoms with Crippen molar-refractivity contribution in [2.75, 3.05) is 17.3 Å². The topological polar surface area (TPSA) is 78.6 Å². The number of hydrogen-bond acceptors (Lipinski definition) is 4. The molecule has 0 aliphatic heterocycles. The summed E-state index contributed by atoms with van der Waals surface area (Å²) in [5.74, 6) is -0.919. The Kier molecular flexibility index (Phi) is 10.9. The third kappa shape index (κ3) is 8.69. The summed E-state index contributed by atoms with van der Waals surface area (Å²) in [6, 6.07) is 17.3. The van der Waals surface area contributed by atoms with Crippen molar-refractivity contribution in [2.45, 2.75) is 51.7 Å². The normalized spacial score (nSPS) is 14.0. The summed E-state index contributed by atoms with van der Waals surface area (Å²) >= 11 is 0. The van der Waals surface area contributed by atoms with E-state index in [1.165, 1.54) is 49.4 Å². The fraction of sp³-hybridized carbons (Fsp3) is 0.303.